The normalized spacial score (nSPS) is 10.2. The van der Waals surface area contributed by atoms with Crippen molar-refractivity contribution < 1.29 is 19.5 Å². The van der Waals surface area contributed by atoms with E-state index in [1.165, 1.54) is 0 Å². The molecule has 6 nitrogen and oxygen atoms in total. The molecular weight excluding hydrogens is 386 g/mol. The van der Waals surface area contributed by atoms with Crippen molar-refractivity contribution in [2.45, 2.75) is 0 Å². The van der Waals surface area contributed by atoms with Crippen molar-refractivity contribution in [2.75, 3.05) is 5.32 Å². The third kappa shape index (κ3) is 5.71. The highest BCUT2D eigenvalue weighted by molar-refractivity contribution is 14.1. The number of aliphatic carboxylic acids is 1. The fourth-order valence-electron chi connectivity index (χ4n) is 1.04. The molecule has 1 aromatic carbocycles. The van der Waals surface area contributed by atoms with Crippen LogP contribution in [0.15, 0.2) is 30.4 Å². The summed E-state index contributed by atoms with van der Waals surface area (Å²) in [6.45, 7) is 0. The summed E-state index contributed by atoms with van der Waals surface area (Å²) in [4.78, 5) is 32.8. The lowest BCUT2D eigenvalue weighted by atomic mass is 10.3. The van der Waals surface area contributed by atoms with Crippen LogP contribution < -0.4 is 10.6 Å². The Bertz CT molecular complexity index is 560. The van der Waals surface area contributed by atoms with Gasteiger partial charge in [-0.05, 0) is 40.8 Å². The lowest BCUT2D eigenvalue weighted by Crippen LogP contribution is -2.33. The number of imide groups is 1. The minimum atomic E-state index is -1.28. The van der Waals surface area contributed by atoms with Crippen LogP contribution in [0.2, 0.25) is 5.02 Å². The highest BCUT2D eigenvalue weighted by Gasteiger charge is 2.08. The second-order valence-corrected chi connectivity index (χ2v) is 4.84. The van der Waals surface area contributed by atoms with Crippen LogP contribution in [0.3, 0.4) is 0 Å². The van der Waals surface area contributed by atoms with Gasteiger partial charge in [-0.2, -0.15) is 0 Å². The van der Waals surface area contributed by atoms with Gasteiger partial charge < -0.3 is 10.4 Å². The Labute approximate surface area is 127 Å². The molecule has 0 aliphatic rings. The maximum Gasteiger partial charge on any atom is 0.328 e. The van der Waals surface area contributed by atoms with E-state index in [-0.39, 0.29) is 0 Å². The summed E-state index contributed by atoms with van der Waals surface area (Å²) in [5.74, 6) is -2.10. The van der Waals surface area contributed by atoms with E-state index in [9.17, 15) is 14.4 Å². The highest BCUT2D eigenvalue weighted by atomic mass is 127. The van der Waals surface area contributed by atoms with Crippen molar-refractivity contribution in [2.24, 2.45) is 0 Å². The third-order valence-electron chi connectivity index (χ3n) is 1.79. The molecule has 3 amide bonds. The monoisotopic (exact) mass is 394 g/mol. The number of benzene rings is 1. The number of hydrogen-bond donors (Lipinski definition) is 3. The number of halogens is 2. The van der Waals surface area contributed by atoms with E-state index in [4.69, 9.17) is 16.7 Å². The molecule has 3 N–H and O–H groups in total. The minimum Gasteiger partial charge on any atom is -0.478 e. The third-order valence-corrected chi connectivity index (χ3v) is 2.92. The molecule has 100 valence electrons. The van der Waals surface area contributed by atoms with Gasteiger partial charge in [-0.3, -0.25) is 10.1 Å². The average Bonchev–Trinajstić information content (AvgIpc) is 2.30. The summed E-state index contributed by atoms with van der Waals surface area (Å²) in [5.41, 5.74) is 0.484. The number of carboxylic acid groups (broad SMARTS) is 1. The van der Waals surface area contributed by atoms with Gasteiger partial charge in [0.1, 0.15) is 0 Å². The van der Waals surface area contributed by atoms with E-state index < -0.39 is 17.9 Å². The van der Waals surface area contributed by atoms with Crippen molar-refractivity contribution in [3.8, 4) is 0 Å². The zero-order chi connectivity index (χ0) is 14.4. The summed E-state index contributed by atoms with van der Waals surface area (Å²) in [5, 5.41) is 13.2. The van der Waals surface area contributed by atoms with E-state index in [0.717, 1.165) is 6.08 Å². The van der Waals surface area contributed by atoms with Gasteiger partial charge in [0, 0.05) is 20.7 Å². The van der Waals surface area contributed by atoms with Crippen molar-refractivity contribution >= 4 is 57.8 Å². The first-order chi connectivity index (χ1) is 8.88. The van der Waals surface area contributed by atoms with Gasteiger partial charge >= 0.3 is 12.0 Å². The SMILES string of the molecule is O=C(O)/C=C/C(=O)NC(=O)Nc1ccc(Cl)cc1I. The fraction of sp³-hybridized carbons (Fsp3) is 0. The zero-order valence-corrected chi connectivity index (χ0v) is 12.2. The highest BCUT2D eigenvalue weighted by Crippen LogP contribution is 2.21. The number of anilines is 1. The van der Waals surface area contributed by atoms with Crippen molar-refractivity contribution in [1.82, 2.24) is 5.32 Å². The first kappa shape index (κ1) is 15.4. The van der Waals surface area contributed by atoms with E-state index in [1.807, 2.05) is 27.9 Å². The number of rotatable bonds is 3. The predicted octanol–water partition coefficient (Wildman–Crippen LogP) is 2.23. The van der Waals surface area contributed by atoms with E-state index in [1.54, 1.807) is 18.2 Å². The van der Waals surface area contributed by atoms with Gasteiger partial charge in [-0.25, -0.2) is 9.59 Å². The molecule has 0 unspecified atom stereocenters. The van der Waals surface area contributed by atoms with Crippen LogP contribution >= 0.6 is 34.2 Å². The topological polar surface area (TPSA) is 95.5 Å². The van der Waals surface area contributed by atoms with E-state index in [2.05, 4.69) is 5.32 Å². The first-order valence-electron chi connectivity index (χ1n) is 4.86. The molecule has 0 saturated heterocycles. The van der Waals surface area contributed by atoms with Crippen LogP contribution in [0, 0.1) is 3.57 Å². The number of amides is 3. The molecule has 1 rings (SSSR count). The largest absolute Gasteiger partial charge is 0.478 e. The van der Waals surface area contributed by atoms with Gasteiger partial charge in [-0.1, -0.05) is 11.6 Å². The molecule has 0 aliphatic carbocycles. The Morgan fingerprint density at radius 1 is 1.26 bits per heavy atom. The molecular formula is C11H8ClIN2O4. The van der Waals surface area contributed by atoms with Crippen LogP contribution in [-0.2, 0) is 9.59 Å². The van der Waals surface area contributed by atoms with Crippen LogP contribution in [-0.4, -0.2) is 23.0 Å². The number of hydrogen-bond acceptors (Lipinski definition) is 3. The number of nitrogens with one attached hydrogen (secondary N) is 2. The summed E-state index contributed by atoms with van der Waals surface area (Å²) >= 11 is 7.73. The Balaban J connectivity index is 2.60. The molecule has 19 heavy (non-hydrogen) atoms. The maximum atomic E-state index is 11.4. The number of carbonyl (C=O) groups is 3. The average molecular weight is 395 g/mol. The molecule has 0 aliphatic heterocycles. The van der Waals surface area contributed by atoms with Gasteiger partial charge in [0.2, 0.25) is 0 Å². The van der Waals surface area contributed by atoms with Gasteiger partial charge in [0.15, 0.2) is 0 Å². The molecule has 8 heteroatoms. The lowest BCUT2D eigenvalue weighted by Gasteiger charge is -2.07. The molecule has 0 fully saturated rings. The van der Waals surface area contributed by atoms with Crippen molar-refractivity contribution in [3.05, 3.63) is 38.9 Å². The van der Waals surface area contributed by atoms with Crippen molar-refractivity contribution in [3.63, 3.8) is 0 Å². The molecule has 0 spiro atoms. The Morgan fingerprint density at radius 2 is 1.95 bits per heavy atom. The first-order valence-corrected chi connectivity index (χ1v) is 6.32. The second kappa shape index (κ2) is 7.10. The fourth-order valence-corrected chi connectivity index (χ4v) is 2.05. The molecule has 0 heterocycles. The van der Waals surface area contributed by atoms with Crippen LogP contribution in [0.5, 0.6) is 0 Å². The summed E-state index contributed by atoms with van der Waals surface area (Å²) in [6, 6.07) is 4.05. The smallest absolute Gasteiger partial charge is 0.328 e. The van der Waals surface area contributed by atoms with Gasteiger partial charge in [0.05, 0.1) is 5.69 Å². The van der Waals surface area contributed by atoms with Gasteiger partial charge in [-0.15, -0.1) is 0 Å². The molecule has 1 aromatic rings. The molecule has 0 bridgehead atoms. The Kier molecular flexibility index (Phi) is 5.77. The molecule has 0 aromatic heterocycles. The van der Waals surface area contributed by atoms with Crippen LogP contribution in [0.4, 0.5) is 10.5 Å². The lowest BCUT2D eigenvalue weighted by molar-refractivity contribution is -0.131. The molecule has 0 radical (unpaired) electrons. The van der Waals surface area contributed by atoms with Gasteiger partial charge in [0.25, 0.3) is 5.91 Å². The quantitative estimate of drug-likeness (QED) is 0.541. The maximum absolute atomic E-state index is 11.4. The Hall–Kier alpha value is -1.61. The van der Waals surface area contributed by atoms with Crippen LogP contribution in [0.25, 0.3) is 0 Å². The summed E-state index contributed by atoms with van der Waals surface area (Å²) in [6.07, 6.45) is 1.38. The predicted molar refractivity (Wildman–Crippen MR) is 78.1 cm³/mol. The molecule has 0 atom stereocenters. The minimum absolute atomic E-state index is 0.484. The summed E-state index contributed by atoms with van der Waals surface area (Å²) in [7, 11) is 0. The van der Waals surface area contributed by atoms with E-state index >= 15 is 0 Å². The summed E-state index contributed by atoms with van der Waals surface area (Å²) < 4.78 is 0.703. The number of carboxylic acids is 1. The van der Waals surface area contributed by atoms with Crippen molar-refractivity contribution in [1.29, 1.82) is 0 Å². The second-order valence-electron chi connectivity index (χ2n) is 3.24. The van der Waals surface area contributed by atoms with Crippen LogP contribution in [0.1, 0.15) is 0 Å². The number of carbonyl (C=O) groups excluding carboxylic acids is 2. The number of urea groups is 1. The Morgan fingerprint density at radius 3 is 2.53 bits per heavy atom. The standard InChI is InChI=1S/C11H8ClIN2O4/c12-6-1-2-8(7(13)5-6)14-11(19)15-9(16)3-4-10(17)18/h1-5H,(H,17,18)(H2,14,15,16,19)/b4-3+. The zero-order valence-electron chi connectivity index (χ0n) is 9.31. The van der Waals surface area contributed by atoms with E-state index in [0.29, 0.717) is 20.4 Å². The molecule has 0 saturated carbocycles.